The van der Waals surface area contributed by atoms with E-state index in [4.69, 9.17) is 0 Å². The Hall–Kier alpha value is -2.29. The summed E-state index contributed by atoms with van der Waals surface area (Å²) in [5.41, 5.74) is 3.77. The molecule has 3 nitrogen and oxygen atoms in total. The van der Waals surface area contributed by atoms with Crippen LogP contribution >= 0.6 is 0 Å². The van der Waals surface area contributed by atoms with E-state index in [1.165, 1.54) is 0 Å². The van der Waals surface area contributed by atoms with Gasteiger partial charge in [-0.05, 0) is 37.1 Å². The monoisotopic (exact) mass is 255 g/mol. The highest BCUT2D eigenvalue weighted by Crippen LogP contribution is 2.21. The van der Waals surface area contributed by atoms with Crippen LogP contribution in [0, 0.1) is 13.8 Å². The van der Waals surface area contributed by atoms with E-state index in [0.717, 1.165) is 22.4 Å². The molecule has 0 radical (unpaired) electrons. The van der Waals surface area contributed by atoms with Gasteiger partial charge in [-0.15, -0.1) is 0 Å². The fourth-order valence-electron chi connectivity index (χ4n) is 1.95. The second-order valence-corrected chi connectivity index (χ2v) is 4.70. The van der Waals surface area contributed by atoms with Gasteiger partial charge in [0.2, 0.25) is 0 Å². The lowest BCUT2D eigenvalue weighted by Gasteiger charge is -2.16. The minimum Gasteiger partial charge on any atom is -0.479 e. The molecule has 2 aromatic rings. The first-order valence-electron chi connectivity index (χ1n) is 6.19. The van der Waals surface area contributed by atoms with Crippen molar-refractivity contribution in [3.8, 4) is 0 Å². The van der Waals surface area contributed by atoms with Crippen LogP contribution in [0.1, 0.15) is 22.7 Å². The van der Waals surface area contributed by atoms with Gasteiger partial charge in [-0.3, -0.25) is 0 Å². The van der Waals surface area contributed by atoms with Gasteiger partial charge in [0, 0.05) is 5.69 Å². The summed E-state index contributed by atoms with van der Waals surface area (Å²) in [7, 11) is 0. The first-order valence-corrected chi connectivity index (χ1v) is 6.19. The number of aliphatic carboxylic acids is 1. The fraction of sp³-hybridized carbons (Fsp3) is 0.188. The minimum absolute atomic E-state index is 0.734. The normalized spacial score (nSPS) is 11.9. The van der Waals surface area contributed by atoms with E-state index in [2.05, 4.69) is 5.32 Å². The quantitative estimate of drug-likeness (QED) is 0.878. The number of nitrogens with one attached hydrogen (secondary N) is 1. The van der Waals surface area contributed by atoms with E-state index in [1.54, 1.807) is 0 Å². The van der Waals surface area contributed by atoms with Crippen LogP contribution in [0.15, 0.2) is 48.5 Å². The number of carbonyl (C=O) groups is 1. The summed E-state index contributed by atoms with van der Waals surface area (Å²) in [4.78, 5) is 11.4. The van der Waals surface area contributed by atoms with Crippen molar-refractivity contribution in [2.45, 2.75) is 19.9 Å². The zero-order valence-corrected chi connectivity index (χ0v) is 11.1. The van der Waals surface area contributed by atoms with Gasteiger partial charge in [-0.25, -0.2) is 4.79 Å². The first-order chi connectivity index (χ1) is 9.06. The van der Waals surface area contributed by atoms with Crippen LogP contribution < -0.4 is 5.32 Å². The van der Waals surface area contributed by atoms with Crippen LogP contribution in [0.2, 0.25) is 0 Å². The fourth-order valence-corrected chi connectivity index (χ4v) is 1.95. The Kier molecular flexibility index (Phi) is 3.85. The van der Waals surface area contributed by atoms with Crippen LogP contribution in [0.5, 0.6) is 0 Å². The van der Waals surface area contributed by atoms with Gasteiger partial charge in [-0.1, -0.05) is 42.0 Å². The number of rotatable bonds is 4. The van der Waals surface area contributed by atoms with Crippen LogP contribution in [-0.4, -0.2) is 11.1 Å². The summed E-state index contributed by atoms with van der Waals surface area (Å²) in [6.07, 6.45) is 0. The Balaban J connectivity index is 2.26. The molecule has 0 aliphatic heterocycles. The number of carboxylic acid groups (broad SMARTS) is 1. The van der Waals surface area contributed by atoms with Gasteiger partial charge in [0.15, 0.2) is 6.04 Å². The van der Waals surface area contributed by atoms with Gasteiger partial charge in [0.05, 0.1) is 0 Å². The maximum atomic E-state index is 11.4. The molecule has 0 bridgehead atoms. The van der Waals surface area contributed by atoms with Gasteiger partial charge in [0.25, 0.3) is 0 Å². The molecule has 19 heavy (non-hydrogen) atoms. The van der Waals surface area contributed by atoms with Crippen LogP contribution in [0.3, 0.4) is 0 Å². The van der Waals surface area contributed by atoms with E-state index < -0.39 is 12.0 Å². The third-order valence-electron chi connectivity index (χ3n) is 2.99. The van der Waals surface area contributed by atoms with Crippen molar-refractivity contribution in [1.82, 2.24) is 0 Å². The molecule has 0 saturated carbocycles. The molecule has 2 aromatic carbocycles. The summed E-state index contributed by atoms with van der Waals surface area (Å²) in [6.45, 7) is 3.96. The Morgan fingerprint density at radius 1 is 1.05 bits per heavy atom. The van der Waals surface area contributed by atoms with E-state index in [9.17, 15) is 9.90 Å². The van der Waals surface area contributed by atoms with Crippen LogP contribution in [-0.2, 0) is 4.79 Å². The second-order valence-electron chi connectivity index (χ2n) is 4.70. The van der Waals surface area contributed by atoms with Gasteiger partial charge in [0.1, 0.15) is 0 Å². The summed E-state index contributed by atoms with van der Waals surface area (Å²) < 4.78 is 0. The highest BCUT2D eigenvalue weighted by atomic mass is 16.4. The Morgan fingerprint density at radius 3 is 2.32 bits per heavy atom. The number of benzene rings is 2. The molecule has 0 unspecified atom stereocenters. The van der Waals surface area contributed by atoms with Crippen molar-refractivity contribution < 1.29 is 9.90 Å². The molecule has 0 spiro atoms. The van der Waals surface area contributed by atoms with Crippen molar-refractivity contribution in [2.75, 3.05) is 5.32 Å². The van der Waals surface area contributed by atoms with Crippen molar-refractivity contribution in [2.24, 2.45) is 0 Å². The maximum Gasteiger partial charge on any atom is 0.330 e. The minimum atomic E-state index is -0.884. The standard InChI is InChI=1S/C16H17NO2/c1-11-6-8-13(9-7-11)15(16(18)19)17-14-5-3-4-12(2)10-14/h3-10,15,17H,1-2H3,(H,18,19)/t15-/m0/s1. The molecule has 0 saturated heterocycles. The molecule has 2 N–H and O–H groups in total. The van der Waals surface area contributed by atoms with Gasteiger partial charge < -0.3 is 10.4 Å². The average Bonchev–Trinajstić information content (AvgIpc) is 2.37. The number of hydrogen-bond donors (Lipinski definition) is 2. The molecule has 0 aliphatic rings. The van der Waals surface area contributed by atoms with E-state index in [-0.39, 0.29) is 0 Å². The highest BCUT2D eigenvalue weighted by molar-refractivity contribution is 5.79. The summed E-state index contributed by atoms with van der Waals surface area (Å²) >= 11 is 0. The lowest BCUT2D eigenvalue weighted by molar-refractivity contribution is -0.138. The molecule has 0 aromatic heterocycles. The number of carboxylic acids is 1. The molecule has 2 rings (SSSR count). The van der Waals surface area contributed by atoms with E-state index in [0.29, 0.717) is 0 Å². The molecule has 98 valence electrons. The maximum absolute atomic E-state index is 11.4. The van der Waals surface area contributed by atoms with Gasteiger partial charge >= 0.3 is 5.97 Å². The molecular weight excluding hydrogens is 238 g/mol. The summed E-state index contributed by atoms with van der Waals surface area (Å²) in [5.74, 6) is -0.884. The van der Waals surface area contributed by atoms with Crippen LogP contribution in [0.25, 0.3) is 0 Å². The third kappa shape index (κ3) is 3.35. The molecule has 1 atom stereocenters. The Morgan fingerprint density at radius 2 is 1.74 bits per heavy atom. The zero-order valence-electron chi connectivity index (χ0n) is 11.1. The molecule has 0 fully saturated rings. The third-order valence-corrected chi connectivity index (χ3v) is 2.99. The number of anilines is 1. The molecule has 0 heterocycles. The largest absolute Gasteiger partial charge is 0.479 e. The van der Waals surface area contributed by atoms with Gasteiger partial charge in [-0.2, -0.15) is 0 Å². The molecule has 0 aliphatic carbocycles. The highest BCUT2D eigenvalue weighted by Gasteiger charge is 2.19. The topological polar surface area (TPSA) is 49.3 Å². The summed E-state index contributed by atoms with van der Waals surface area (Å²) in [5, 5.41) is 12.4. The smallest absolute Gasteiger partial charge is 0.330 e. The lowest BCUT2D eigenvalue weighted by atomic mass is 10.0. The van der Waals surface area contributed by atoms with Crippen LogP contribution in [0.4, 0.5) is 5.69 Å². The Bertz CT molecular complexity index is 576. The average molecular weight is 255 g/mol. The Labute approximate surface area is 112 Å². The summed E-state index contributed by atoms with van der Waals surface area (Å²) in [6, 6.07) is 14.5. The van der Waals surface area contributed by atoms with E-state index in [1.807, 2.05) is 62.4 Å². The molecule has 0 amide bonds. The zero-order chi connectivity index (χ0) is 13.8. The molecule has 3 heteroatoms. The van der Waals surface area contributed by atoms with Crippen molar-refractivity contribution in [3.63, 3.8) is 0 Å². The second kappa shape index (κ2) is 5.57. The van der Waals surface area contributed by atoms with E-state index >= 15 is 0 Å². The number of hydrogen-bond acceptors (Lipinski definition) is 2. The van der Waals surface area contributed by atoms with Crippen molar-refractivity contribution in [1.29, 1.82) is 0 Å². The SMILES string of the molecule is Cc1ccc([C@H](Nc2cccc(C)c2)C(=O)O)cc1. The predicted octanol–water partition coefficient (Wildman–Crippen LogP) is 3.54. The predicted molar refractivity (Wildman–Crippen MR) is 76.4 cm³/mol. The number of aryl methyl sites for hydroxylation is 2. The first kappa shape index (κ1) is 13.1. The molecular formula is C16H17NO2. The van der Waals surface area contributed by atoms with Crippen molar-refractivity contribution in [3.05, 3.63) is 65.2 Å². The lowest BCUT2D eigenvalue weighted by Crippen LogP contribution is -2.20. The van der Waals surface area contributed by atoms with Crippen molar-refractivity contribution >= 4 is 11.7 Å².